The minimum absolute atomic E-state index is 0.150. The van der Waals surface area contributed by atoms with Crippen LogP contribution in [0, 0.1) is 0 Å². The van der Waals surface area contributed by atoms with Gasteiger partial charge in [-0.05, 0) is 36.0 Å². The number of thioether (sulfide) groups is 1. The van der Waals surface area contributed by atoms with E-state index in [4.69, 9.17) is 12.2 Å². The number of thiocarbonyl (C=S) groups is 1. The number of para-hydroxylation sites is 1. The minimum atomic E-state index is -0.535. The van der Waals surface area contributed by atoms with E-state index >= 15 is 0 Å². The molecule has 33 heavy (non-hydrogen) atoms. The van der Waals surface area contributed by atoms with E-state index in [-0.39, 0.29) is 15.1 Å². The van der Waals surface area contributed by atoms with E-state index in [9.17, 15) is 14.4 Å². The SMILES string of the molecule is O=C(NN1C(=O)/C(=C2/C(=O)N(Cc3ccccc3)c3ccccc32)SC1=S)c1ccncc1. The van der Waals surface area contributed by atoms with Gasteiger partial charge in [0.05, 0.1) is 22.7 Å². The van der Waals surface area contributed by atoms with Crippen LogP contribution in [0.1, 0.15) is 21.5 Å². The molecule has 0 radical (unpaired) electrons. The van der Waals surface area contributed by atoms with Gasteiger partial charge in [0.25, 0.3) is 17.7 Å². The van der Waals surface area contributed by atoms with E-state index in [0.29, 0.717) is 23.2 Å². The fraction of sp³-hybridized carbons (Fsp3) is 0.0417. The summed E-state index contributed by atoms with van der Waals surface area (Å²) in [6.45, 7) is 0.374. The quantitative estimate of drug-likeness (QED) is 0.462. The van der Waals surface area contributed by atoms with Gasteiger partial charge in [-0.2, -0.15) is 5.01 Å². The lowest BCUT2D eigenvalue weighted by Crippen LogP contribution is -2.45. The van der Waals surface area contributed by atoms with Crippen molar-refractivity contribution in [3.63, 3.8) is 0 Å². The highest BCUT2D eigenvalue weighted by Gasteiger charge is 2.42. The molecular formula is C24H16N4O3S2. The maximum atomic E-state index is 13.5. The van der Waals surface area contributed by atoms with Crippen molar-refractivity contribution >= 4 is 57.3 Å². The maximum Gasteiger partial charge on any atom is 0.286 e. The van der Waals surface area contributed by atoms with E-state index in [1.807, 2.05) is 54.6 Å². The second-order valence-electron chi connectivity index (χ2n) is 7.28. The lowest BCUT2D eigenvalue weighted by Gasteiger charge is -2.17. The average molecular weight is 473 g/mol. The number of carbonyl (C=O) groups is 3. The Bertz CT molecular complexity index is 1330. The Kier molecular flexibility index (Phi) is 5.49. The average Bonchev–Trinajstić information content (AvgIpc) is 3.27. The number of hydrogen-bond acceptors (Lipinski definition) is 6. The lowest BCUT2D eigenvalue weighted by atomic mass is 10.1. The second kappa shape index (κ2) is 8.61. The van der Waals surface area contributed by atoms with Crippen molar-refractivity contribution in [2.24, 2.45) is 0 Å². The highest BCUT2D eigenvalue weighted by molar-refractivity contribution is 8.26. The molecule has 0 unspecified atom stereocenters. The van der Waals surface area contributed by atoms with Crippen LogP contribution in [0.15, 0.2) is 84.0 Å². The number of anilines is 1. The summed E-state index contributed by atoms with van der Waals surface area (Å²) in [6, 6.07) is 20.1. The molecule has 0 bridgehead atoms. The van der Waals surface area contributed by atoms with E-state index in [1.165, 1.54) is 24.5 Å². The van der Waals surface area contributed by atoms with Crippen LogP contribution in [0.4, 0.5) is 5.69 Å². The monoisotopic (exact) mass is 472 g/mol. The Hall–Kier alpha value is -3.82. The molecule has 3 heterocycles. The molecule has 7 nitrogen and oxygen atoms in total. The fourth-order valence-corrected chi connectivity index (χ4v) is 4.96. The summed E-state index contributed by atoms with van der Waals surface area (Å²) >= 11 is 6.36. The molecule has 5 rings (SSSR count). The molecular weight excluding hydrogens is 456 g/mol. The van der Waals surface area contributed by atoms with Crippen LogP contribution in [-0.2, 0) is 16.1 Å². The van der Waals surface area contributed by atoms with Crippen LogP contribution in [0.3, 0.4) is 0 Å². The number of nitrogens with one attached hydrogen (secondary N) is 1. The standard InChI is InChI=1S/C24H16N4O3S2/c29-21(16-10-12-25-13-11-16)26-28-23(31)20(33-24(28)32)19-17-8-4-5-9-18(17)27(22(19)30)14-15-6-2-1-3-7-15/h1-13H,14H2,(H,26,29)/b20-19-. The first-order valence-electron chi connectivity index (χ1n) is 10.0. The third kappa shape index (κ3) is 3.81. The summed E-state index contributed by atoms with van der Waals surface area (Å²) < 4.78 is 0.150. The highest BCUT2D eigenvalue weighted by Crippen LogP contribution is 2.44. The zero-order valence-electron chi connectivity index (χ0n) is 17.1. The van der Waals surface area contributed by atoms with Gasteiger partial charge in [-0.25, -0.2) is 0 Å². The molecule has 1 N–H and O–H groups in total. The summed E-state index contributed by atoms with van der Waals surface area (Å²) in [5.74, 6) is -1.31. The number of carbonyl (C=O) groups excluding carboxylic acids is 3. The largest absolute Gasteiger partial charge is 0.303 e. The van der Waals surface area contributed by atoms with Crippen molar-refractivity contribution in [2.75, 3.05) is 4.90 Å². The Morgan fingerprint density at radius 1 is 0.939 bits per heavy atom. The first-order chi connectivity index (χ1) is 16.0. The van der Waals surface area contributed by atoms with Gasteiger partial charge in [-0.3, -0.25) is 24.8 Å². The van der Waals surface area contributed by atoms with Gasteiger partial charge in [-0.15, -0.1) is 0 Å². The third-order valence-electron chi connectivity index (χ3n) is 5.26. The predicted octanol–water partition coefficient (Wildman–Crippen LogP) is 3.54. The summed E-state index contributed by atoms with van der Waals surface area (Å²) in [4.78, 5) is 45.0. The van der Waals surface area contributed by atoms with Crippen molar-refractivity contribution < 1.29 is 14.4 Å². The van der Waals surface area contributed by atoms with Crippen molar-refractivity contribution in [1.29, 1.82) is 0 Å². The van der Waals surface area contributed by atoms with Gasteiger partial charge in [0.15, 0.2) is 4.32 Å². The first kappa shape index (κ1) is 21.0. The van der Waals surface area contributed by atoms with Crippen LogP contribution in [0.5, 0.6) is 0 Å². The van der Waals surface area contributed by atoms with Crippen LogP contribution in [0.2, 0.25) is 0 Å². The van der Waals surface area contributed by atoms with E-state index < -0.39 is 11.8 Å². The number of rotatable bonds is 4. The molecule has 1 aromatic heterocycles. The number of hydrazine groups is 1. The highest BCUT2D eigenvalue weighted by atomic mass is 32.2. The van der Waals surface area contributed by atoms with Gasteiger partial charge in [0.1, 0.15) is 0 Å². The van der Waals surface area contributed by atoms with Gasteiger partial charge < -0.3 is 4.90 Å². The Labute approximate surface area is 199 Å². The molecule has 1 fully saturated rings. The Morgan fingerprint density at radius 2 is 1.64 bits per heavy atom. The maximum absolute atomic E-state index is 13.5. The molecule has 2 aliphatic heterocycles. The third-order valence-corrected chi connectivity index (χ3v) is 6.63. The summed E-state index contributed by atoms with van der Waals surface area (Å²) in [7, 11) is 0. The number of amides is 3. The number of hydrogen-bond donors (Lipinski definition) is 1. The van der Waals surface area contributed by atoms with Crippen molar-refractivity contribution in [3.8, 4) is 0 Å². The number of benzene rings is 2. The molecule has 2 aromatic carbocycles. The number of pyridine rings is 1. The zero-order chi connectivity index (χ0) is 22.9. The predicted molar refractivity (Wildman–Crippen MR) is 130 cm³/mol. The van der Waals surface area contributed by atoms with Gasteiger partial charge >= 0.3 is 0 Å². The Balaban J connectivity index is 1.48. The summed E-state index contributed by atoms with van der Waals surface area (Å²) in [5, 5.41) is 1.01. The Morgan fingerprint density at radius 3 is 2.39 bits per heavy atom. The molecule has 162 valence electrons. The first-order valence-corrected chi connectivity index (χ1v) is 11.2. The smallest absolute Gasteiger partial charge is 0.286 e. The molecule has 0 saturated carbocycles. The van der Waals surface area contributed by atoms with Crippen molar-refractivity contribution in [2.45, 2.75) is 6.54 Å². The molecule has 9 heteroatoms. The van der Waals surface area contributed by atoms with Crippen molar-refractivity contribution in [3.05, 3.63) is 101 Å². The van der Waals surface area contributed by atoms with Crippen LogP contribution in [-0.4, -0.2) is 32.0 Å². The summed E-state index contributed by atoms with van der Waals surface area (Å²) in [5.41, 5.74) is 5.53. The molecule has 3 amide bonds. The van der Waals surface area contributed by atoms with Gasteiger partial charge in [0.2, 0.25) is 0 Å². The van der Waals surface area contributed by atoms with Crippen LogP contribution < -0.4 is 10.3 Å². The second-order valence-corrected chi connectivity index (χ2v) is 8.93. The molecule has 0 atom stereocenters. The zero-order valence-corrected chi connectivity index (χ0v) is 18.7. The molecule has 1 saturated heterocycles. The van der Waals surface area contributed by atoms with E-state index in [0.717, 1.165) is 28.0 Å². The number of fused-ring (bicyclic) bond motifs is 1. The topological polar surface area (TPSA) is 82.6 Å². The normalized spacial score (nSPS) is 17.5. The summed E-state index contributed by atoms with van der Waals surface area (Å²) in [6.07, 6.45) is 2.97. The number of aromatic nitrogens is 1. The lowest BCUT2D eigenvalue weighted by molar-refractivity contribution is -0.124. The molecule has 0 spiro atoms. The number of nitrogens with zero attached hydrogens (tertiary/aromatic N) is 3. The van der Waals surface area contributed by atoms with E-state index in [2.05, 4.69) is 10.4 Å². The molecule has 3 aromatic rings. The van der Waals surface area contributed by atoms with Crippen molar-refractivity contribution in [1.82, 2.24) is 15.4 Å². The van der Waals surface area contributed by atoms with Crippen LogP contribution in [0.25, 0.3) is 5.57 Å². The fourth-order valence-electron chi connectivity index (χ4n) is 3.71. The van der Waals surface area contributed by atoms with E-state index in [1.54, 1.807) is 4.90 Å². The molecule has 2 aliphatic rings. The van der Waals surface area contributed by atoms with Gasteiger partial charge in [0, 0.05) is 23.5 Å². The van der Waals surface area contributed by atoms with Gasteiger partial charge in [-0.1, -0.05) is 60.3 Å². The molecule has 0 aliphatic carbocycles. The van der Waals surface area contributed by atoms with Crippen LogP contribution >= 0.6 is 24.0 Å². The minimum Gasteiger partial charge on any atom is -0.303 e.